The number of piperazine rings is 1. The first-order valence-corrected chi connectivity index (χ1v) is 11.9. The second-order valence-corrected chi connectivity index (χ2v) is 8.85. The van der Waals surface area contributed by atoms with Crippen LogP contribution in [0.1, 0.15) is 33.0 Å². The summed E-state index contributed by atoms with van der Waals surface area (Å²) in [7, 11) is 1.36. The number of hydrogen-bond acceptors (Lipinski definition) is 6. The fourth-order valence-electron chi connectivity index (χ4n) is 5.08. The van der Waals surface area contributed by atoms with E-state index in [-0.39, 0.29) is 12.5 Å². The lowest BCUT2D eigenvalue weighted by Gasteiger charge is -2.31. The predicted molar refractivity (Wildman–Crippen MR) is 136 cm³/mol. The van der Waals surface area contributed by atoms with Crippen LogP contribution in [0.4, 0.5) is 16.2 Å². The molecule has 0 aromatic heterocycles. The molecule has 1 saturated heterocycles. The molecule has 7 nitrogen and oxygen atoms in total. The van der Waals surface area contributed by atoms with Crippen LogP contribution < -0.4 is 15.5 Å². The van der Waals surface area contributed by atoms with Gasteiger partial charge in [-0.25, -0.2) is 9.59 Å². The van der Waals surface area contributed by atoms with Gasteiger partial charge in [0.25, 0.3) is 0 Å². The maximum absolute atomic E-state index is 12.8. The molecule has 0 bridgehead atoms. The van der Waals surface area contributed by atoms with E-state index < -0.39 is 12.1 Å². The summed E-state index contributed by atoms with van der Waals surface area (Å²) in [5.41, 5.74) is 7.34. The molecule has 1 aliphatic heterocycles. The van der Waals surface area contributed by atoms with Gasteiger partial charge in [-0.15, -0.1) is 0 Å². The highest BCUT2D eigenvalue weighted by molar-refractivity contribution is 5.96. The van der Waals surface area contributed by atoms with Crippen molar-refractivity contribution in [1.29, 1.82) is 0 Å². The summed E-state index contributed by atoms with van der Waals surface area (Å²) < 4.78 is 10.7. The number of anilines is 2. The third-order valence-electron chi connectivity index (χ3n) is 6.83. The standard InChI is InChI=1S/C28H29N3O4/c1-18-24(27(32)34-2)15-19(16-26(18)31-13-11-29-12-14-31)30-28(33)35-17-25-22-9-5-3-7-20(22)21-8-4-6-10-23(21)25/h3-10,15-16,25,29H,11-14,17H2,1-2H3,(H,30,33). The van der Waals surface area contributed by atoms with Crippen LogP contribution in [0, 0.1) is 6.92 Å². The molecular weight excluding hydrogens is 442 g/mol. The van der Waals surface area contributed by atoms with Gasteiger partial charge < -0.3 is 19.7 Å². The highest BCUT2D eigenvalue weighted by Crippen LogP contribution is 2.44. The van der Waals surface area contributed by atoms with Gasteiger partial charge in [-0.1, -0.05) is 48.5 Å². The van der Waals surface area contributed by atoms with Crippen molar-refractivity contribution in [2.24, 2.45) is 0 Å². The second kappa shape index (κ2) is 9.80. The molecule has 35 heavy (non-hydrogen) atoms. The summed E-state index contributed by atoms with van der Waals surface area (Å²) in [5, 5.41) is 6.16. The minimum absolute atomic E-state index is 0.0202. The number of carbonyl (C=O) groups excluding carboxylic acids is 2. The SMILES string of the molecule is COC(=O)c1cc(NC(=O)OCC2c3ccccc3-c3ccccc32)cc(N2CCNCC2)c1C. The highest BCUT2D eigenvalue weighted by Gasteiger charge is 2.29. The Morgan fingerprint density at radius 3 is 2.26 bits per heavy atom. The Bertz CT molecular complexity index is 1220. The van der Waals surface area contributed by atoms with Gasteiger partial charge in [-0.05, 0) is 46.9 Å². The lowest BCUT2D eigenvalue weighted by atomic mass is 9.98. The summed E-state index contributed by atoms with van der Waals surface area (Å²) >= 11 is 0. The van der Waals surface area contributed by atoms with E-state index in [2.05, 4.69) is 39.8 Å². The first kappa shape index (κ1) is 22.9. The summed E-state index contributed by atoms with van der Waals surface area (Å²) in [6.45, 7) is 5.47. The zero-order valence-corrected chi connectivity index (χ0v) is 20.0. The van der Waals surface area contributed by atoms with E-state index in [1.165, 1.54) is 18.2 Å². The van der Waals surface area contributed by atoms with Gasteiger partial charge in [-0.3, -0.25) is 5.32 Å². The number of esters is 1. The quantitative estimate of drug-likeness (QED) is 0.532. The molecule has 3 aromatic carbocycles. The van der Waals surface area contributed by atoms with E-state index in [1.54, 1.807) is 6.07 Å². The van der Waals surface area contributed by atoms with Crippen LogP contribution in [0.3, 0.4) is 0 Å². The van der Waals surface area contributed by atoms with Gasteiger partial charge in [0.15, 0.2) is 0 Å². The molecule has 3 aromatic rings. The van der Waals surface area contributed by atoms with Crippen molar-refractivity contribution in [3.8, 4) is 11.1 Å². The number of hydrogen-bond donors (Lipinski definition) is 2. The predicted octanol–water partition coefficient (Wildman–Crippen LogP) is 4.55. The fourth-order valence-corrected chi connectivity index (χ4v) is 5.08. The highest BCUT2D eigenvalue weighted by atomic mass is 16.5. The van der Waals surface area contributed by atoms with Crippen LogP contribution in [0.5, 0.6) is 0 Å². The number of methoxy groups -OCH3 is 1. The Morgan fingerprint density at radius 2 is 1.63 bits per heavy atom. The zero-order valence-electron chi connectivity index (χ0n) is 20.0. The summed E-state index contributed by atoms with van der Waals surface area (Å²) in [6, 6.07) is 20.0. The average molecular weight is 472 g/mol. The van der Waals surface area contributed by atoms with E-state index in [9.17, 15) is 9.59 Å². The van der Waals surface area contributed by atoms with Crippen molar-refractivity contribution in [2.75, 3.05) is 50.1 Å². The van der Waals surface area contributed by atoms with Crippen molar-refractivity contribution in [1.82, 2.24) is 5.32 Å². The number of amides is 1. The van der Waals surface area contributed by atoms with Crippen LogP contribution in [-0.4, -0.2) is 52.0 Å². The number of carbonyl (C=O) groups is 2. The molecule has 5 rings (SSSR count). The second-order valence-electron chi connectivity index (χ2n) is 8.85. The molecule has 0 saturated carbocycles. The molecule has 0 radical (unpaired) electrons. The Labute approximate surface area is 205 Å². The Hall–Kier alpha value is -3.84. The molecule has 1 amide bonds. The lowest BCUT2D eigenvalue weighted by Crippen LogP contribution is -2.44. The first-order valence-electron chi connectivity index (χ1n) is 11.9. The number of benzene rings is 3. The molecule has 0 spiro atoms. The third-order valence-corrected chi connectivity index (χ3v) is 6.83. The van der Waals surface area contributed by atoms with Gasteiger partial charge in [0.1, 0.15) is 6.61 Å². The molecule has 7 heteroatoms. The van der Waals surface area contributed by atoms with Gasteiger partial charge in [0.2, 0.25) is 0 Å². The maximum atomic E-state index is 12.8. The van der Waals surface area contributed by atoms with Crippen molar-refractivity contribution >= 4 is 23.4 Å². The normalized spacial score (nSPS) is 14.7. The van der Waals surface area contributed by atoms with E-state index in [0.29, 0.717) is 11.3 Å². The maximum Gasteiger partial charge on any atom is 0.411 e. The number of fused-ring (bicyclic) bond motifs is 3. The van der Waals surface area contributed by atoms with Crippen LogP contribution in [-0.2, 0) is 9.47 Å². The topological polar surface area (TPSA) is 79.9 Å². The molecule has 2 N–H and O–H groups in total. The van der Waals surface area contributed by atoms with Crippen molar-refractivity contribution in [3.05, 3.63) is 82.9 Å². The van der Waals surface area contributed by atoms with Gasteiger partial charge >= 0.3 is 12.1 Å². The third kappa shape index (κ3) is 4.47. The largest absolute Gasteiger partial charge is 0.465 e. The molecular formula is C28H29N3O4. The molecule has 2 aliphatic rings. The molecule has 1 heterocycles. The Morgan fingerprint density at radius 1 is 1.00 bits per heavy atom. The molecule has 180 valence electrons. The number of rotatable bonds is 5. The molecule has 1 fully saturated rings. The van der Waals surface area contributed by atoms with Crippen molar-refractivity contribution < 1.29 is 19.1 Å². The summed E-state index contributed by atoms with van der Waals surface area (Å²) in [6.07, 6.45) is -0.558. The molecule has 1 aliphatic carbocycles. The van der Waals surface area contributed by atoms with Crippen LogP contribution in [0.2, 0.25) is 0 Å². The van der Waals surface area contributed by atoms with E-state index in [1.807, 2.05) is 37.3 Å². The van der Waals surface area contributed by atoms with Gasteiger partial charge in [0, 0.05) is 43.5 Å². The van der Waals surface area contributed by atoms with Crippen LogP contribution in [0.15, 0.2) is 60.7 Å². The Balaban J connectivity index is 1.35. The Kier molecular flexibility index (Phi) is 6.42. The van der Waals surface area contributed by atoms with Gasteiger partial charge in [-0.2, -0.15) is 0 Å². The number of nitrogens with one attached hydrogen (secondary N) is 2. The van der Waals surface area contributed by atoms with E-state index in [4.69, 9.17) is 9.47 Å². The summed E-state index contributed by atoms with van der Waals surface area (Å²) in [4.78, 5) is 27.5. The number of nitrogens with zero attached hydrogens (tertiary/aromatic N) is 1. The first-order chi connectivity index (χ1) is 17.1. The lowest BCUT2D eigenvalue weighted by molar-refractivity contribution is 0.0600. The van der Waals surface area contributed by atoms with Gasteiger partial charge in [0.05, 0.1) is 12.7 Å². The van der Waals surface area contributed by atoms with Crippen molar-refractivity contribution in [2.45, 2.75) is 12.8 Å². The smallest absolute Gasteiger partial charge is 0.411 e. The van der Waals surface area contributed by atoms with Crippen LogP contribution >= 0.6 is 0 Å². The minimum Gasteiger partial charge on any atom is -0.465 e. The fraction of sp³-hybridized carbons (Fsp3) is 0.286. The zero-order chi connectivity index (χ0) is 24.4. The van der Waals surface area contributed by atoms with E-state index in [0.717, 1.165) is 48.6 Å². The molecule has 0 unspecified atom stereocenters. The van der Waals surface area contributed by atoms with Crippen molar-refractivity contribution in [3.63, 3.8) is 0 Å². The van der Waals surface area contributed by atoms with E-state index >= 15 is 0 Å². The minimum atomic E-state index is -0.558. The average Bonchev–Trinajstić information content (AvgIpc) is 3.22. The number of ether oxygens (including phenoxy) is 2. The van der Waals surface area contributed by atoms with Crippen LogP contribution in [0.25, 0.3) is 11.1 Å². The summed E-state index contributed by atoms with van der Waals surface area (Å²) in [5.74, 6) is -0.455. The molecule has 0 atom stereocenters. The monoisotopic (exact) mass is 471 g/mol.